The van der Waals surface area contributed by atoms with Crippen LogP contribution in [0.1, 0.15) is 78.9 Å². The summed E-state index contributed by atoms with van der Waals surface area (Å²) in [4.78, 5) is 76.4. The van der Waals surface area contributed by atoms with Gasteiger partial charge in [-0.25, -0.2) is 47.5 Å². The first kappa shape index (κ1) is 83.8. The van der Waals surface area contributed by atoms with E-state index in [0.717, 1.165) is 38.8 Å². The second-order valence-electron chi connectivity index (χ2n) is 20.7. The van der Waals surface area contributed by atoms with Crippen LogP contribution in [0.25, 0.3) is 22.3 Å². The number of hydrogen-bond donors (Lipinski definition) is 4. The highest BCUT2D eigenvalue weighted by atomic mass is 32.2. The van der Waals surface area contributed by atoms with E-state index in [2.05, 4.69) is 54.1 Å². The van der Waals surface area contributed by atoms with Gasteiger partial charge in [-0.3, -0.25) is 0 Å². The van der Waals surface area contributed by atoms with E-state index in [0.29, 0.717) is 87.7 Å². The Bertz CT molecular complexity index is 4500. The number of carbonyl (C=O) groups excluding carboxylic acids is 4. The van der Waals surface area contributed by atoms with Crippen LogP contribution in [0.4, 0.5) is 39.5 Å². The summed E-state index contributed by atoms with van der Waals surface area (Å²) in [5.74, 6) is -3.87. The number of thioether (sulfide) groups is 1. The predicted molar refractivity (Wildman–Crippen MR) is 356 cm³/mol. The molecule has 4 N–H and O–H groups in total. The number of aliphatic hydroxyl groups is 4. The van der Waals surface area contributed by atoms with E-state index in [1.54, 1.807) is 78.9 Å². The molecule has 26 nitrogen and oxygen atoms in total. The molecule has 0 bridgehead atoms. The van der Waals surface area contributed by atoms with E-state index >= 15 is 0 Å². The number of sulfone groups is 1. The molecule has 0 aliphatic heterocycles. The summed E-state index contributed by atoms with van der Waals surface area (Å²) in [6.07, 6.45) is -9.15. The van der Waals surface area contributed by atoms with Crippen molar-refractivity contribution in [2.45, 2.75) is 76.0 Å². The summed E-state index contributed by atoms with van der Waals surface area (Å²) in [5, 5.41) is 36.9. The molecular formula is C68H63F9N8O18S2. The molecule has 0 saturated carbocycles. The van der Waals surface area contributed by atoms with Crippen LogP contribution in [-0.2, 0) is 92.9 Å². The molecule has 0 unspecified atom stereocenters. The normalized spacial score (nSPS) is 11.9. The van der Waals surface area contributed by atoms with Gasteiger partial charge in [-0.15, -0.1) is 0 Å². The highest BCUT2D eigenvalue weighted by molar-refractivity contribution is 7.98. The van der Waals surface area contributed by atoms with Crippen molar-refractivity contribution in [2.24, 2.45) is 0 Å². The van der Waals surface area contributed by atoms with Crippen LogP contribution < -0.4 is 18.9 Å². The Labute approximate surface area is 596 Å². The lowest BCUT2D eigenvalue weighted by Crippen LogP contribution is -2.15. The molecule has 0 atom stereocenters. The molecule has 4 aromatic heterocycles. The van der Waals surface area contributed by atoms with Gasteiger partial charge < -0.3 is 58.3 Å². The summed E-state index contributed by atoms with van der Waals surface area (Å²) in [6.45, 7) is 3.94. The topological polar surface area (TPSA) is 360 Å². The second-order valence-corrected chi connectivity index (χ2v) is 23.4. The van der Waals surface area contributed by atoms with Crippen LogP contribution in [0.2, 0.25) is 0 Å². The molecular weight excluding hydrogens is 1450 g/mol. The number of carbonyl (C=O) groups is 4. The minimum Gasteiger partial charge on any atom is -0.515 e. The zero-order valence-corrected chi connectivity index (χ0v) is 58.1. The van der Waals surface area contributed by atoms with Crippen LogP contribution >= 0.6 is 11.8 Å². The third kappa shape index (κ3) is 24.7. The highest BCUT2D eigenvalue weighted by Gasteiger charge is 2.37. The standard InChI is InChI=1S/C17H15F3N2O6S.2C17H15F3N2O4.C17H18N2O4S/c1-27-15(24)12(8-23)11-6-4-3-5-10(11)9-28-14-7-13(17(18,19)20)21-16(22-14)29(2,25)26;2*1-10-21-14(17(18,19)20)7-15(22-10)26-9-11-5-3-4-6-12(11)13(8-23)16(24)25-2;1-11-8-15(19-17(18-11)24-3)23-10-12-6-4-5-7-13(12)14(9-20)16(21)22-2/h3-8,23H,9H2,1-2H3;2*3-8,23H,9H2,1-2H3;4-9,20H,10H2,1-3H3. The molecule has 4 heterocycles. The van der Waals surface area contributed by atoms with Gasteiger partial charge in [0.15, 0.2) is 22.2 Å². The van der Waals surface area contributed by atoms with Gasteiger partial charge >= 0.3 is 42.4 Å². The van der Waals surface area contributed by atoms with Crippen molar-refractivity contribution in [1.29, 1.82) is 0 Å². The zero-order valence-electron chi connectivity index (χ0n) is 56.5. The van der Waals surface area contributed by atoms with E-state index in [4.69, 9.17) is 23.7 Å². The average molecular weight is 1520 g/mol. The van der Waals surface area contributed by atoms with Crippen molar-refractivity contribution >= 4 is 67.8 Å². The Morgan fingerprint density at radius 2 is 0.676 bits per heavy atom. The summed E-state index contributed by atoms with van der Waals surface area (Å²) < 4.78 is 179. The monoisotopic (exact) mass is 1510 g/mol. The van der Waals surface area contributed by atoms with E-state index < -0.39 is 80.4 Å². The molecule has 0 radical (unpaired) electrons. The van der Waals surface area contributed by atoms with E-state index in [1.165, 1.54) is 44.9 Å². The van der Waals surface area contributed by atoms with E-state index in [1.807, 2.05) is 25.3 Å². The summed E-state index contributed by atoms with van der Waals surface area (Å²) >= 11 is 1.43. The molecule has 105 heavy (non-hydrogen) atoms. The maximum absolute atomic E-state index is 13.0. The number of methoxy groups -OCH3 is 4. The second kappa shape index (κ2) is 38.4. The maximum Gasteiger partial charge on any atom is 0.433 e. The number of nitrogens with zero attached hydrogens (tertiary/aromatic N) is 8. The van der Waals surface area contributed by atoms with Crippen molar-refractivity contribution in [2.75, 3.05) is 41.0 Å². The van der Waals surface area contributed by atoms with Gasteiger partial charge in [-0.2, -0.15) is 59.4 Å². The fraction of sp³-hybridized carbons (Fsp3) is 0.235. The van der Waals surface area contributed by atoms with Gasteiger partial charge in [0, 0.05) is 36.2 Å². The molecule has 4 aromatic carbocycles. The SMILES string of the molecule is COC(=O)C(=CO)c1ccccc1COc1cc(C(F)(F)F)nc(C)n1.COC(=O)C(=CO)c1ccccc1COc1cc(C(F)(F)F)nc(C)n1.COC(=O)C(=CO)c1ccccc1COc1cc(C(F)(F)F)nc(S(C)(=O)=O)n1.COC(=O)C(=CO)c1ccccc1COc1cc(C)nc(SC)n1. The Kier molecular flexibility index (Phi) is 30.6. The molecule has 37 heteroatoms. The number of hydrogen-bond acceptors (Lipinski definition) is 27. The molecule has 0 spiro atoms. The van der Waals surface area contributed by atoms with Gasteiger partial charge in [0.25, 0.3) is 5.16 Å². The van der Waals surface area contributed by atoms with Crippen molar-refractivity contribution in [3.63, 3.8) is 0 Å². The zero-order chi connectivity index (χ0) is 78.0. The van der Waals surface area contributed by atoms with Crippen molar-refractivity contribution < 1.29 is 125 Å². The average Bonchev–Trinajstić information content (AvgIpc) is 0.804. The number of aryl methyl sites for hydroxylation is 3. The summed E-state index contributed by atoms with van der Waals surface area (Å²) in [5.41, 5.74) is 0.0564. The number of halogens is 9. The number of alkyl halides is 9. The molecule has 8 aromatic rings. The van der Waals surface area contributed by atoms with Crippen molar-refractivity contribution in [1.82, 2.24) is 39.9 Å². The van der Waals surface area contributed by atoms with E-state index in [9.17, 15) is 87.5 Å². The molecule has 0 fully saturated rings. The van der Waals surface area contributed by atoms with Gasteiger partial charge in [0.05, 0.1) is 53.5 Å². The fourth-order valence-electron chi connectivity index (χ4n) is 8.60. The minimum absolute atomic E-state index is 0.0698. The largest absolute Gasteiger partial charge is 0.515 e. The van der Waals surface area contributed by atoms with Crippen LogP contribution in [-0.4, -0.2) is 134 Å². The minimum atomic E-state index is -4.92. The fourth-order valence-corrected chi connectivity index (χ4v) is 9.53. The maximum atomic E-state index is 13.0. The predicted octanol–water partition coefficient (Wildman–Crippen LogP) is 12.6. The summed E-state index contributed by atoms with van der Waals surface area (Å²) in [7, 11) is 0.554. The number of ether oxygens (including phenoxy) is 8. The first-order valence-electron chi connectivity index (χ1n) is 29.5. The first-order chi connectivity index (χ1) is 49.6. The van der Waals surface area contributed by atoms with Crippen LogP contribution in [0, 0.1) is 20.8 Å². The van der Waals surface area contributed by atoms with Gasteiger partial charge in [0.2, 0.25) is 33.4 Å². The Morgan fingerprint density at radius 1 is 0.410 bits per heavy atom. The van der Waals surface area contributed by atoms with Gasteiger partial charge in [0.1, 0.15) is 60.4 Å². The third-order valence-electron chi connectivity index (χ3n) is 13.4. The summed E-state index contributed by atoms with van der Waals surface area (Å²) in [6, 6.07) is 29.6. The van der Waals surface area contributed by atoms with Gasteiger partial charge in [-0.1, -0.05) is 109 Å². The lowest BCUT2D eigenvalue weighted by atomic mass is 10.0. The lowest BCUT2D eigenvalue weighted by Gasteiger charge is -2.13. The number of benzene rings is 4. The Balaban J connectivity index is 0.000000252. The van der Waals surface area contributed by atoms with Crippen molar-refractivity contribution in [3.8, 4) is 23.5 Å². The van der Waals surface area contributed by atoms with E-state index in [-0.39, 0.29) is 77.7 Å². The number of rotatable bonds is 22. The molecule has 0 amide bonds. The molecule has 558 valence electrons. The quantitative estimate of drug-likeness (QED) is 0.00931. The van der Waals surface area contributed by atoms with Crippen molar-refractivity contribution in [3.05, 3.63) is 225 Å². The molecule has 8 rings (SSSR count). The highest BCUT2D eigenvalue weighted by Crippen LogP contribution is 2.34. The van der Waals surface area contributed by atoms with Gasteiger partial charge in [-0.05, 0) is 71.5 Å². The van der Waals surface area contributed by atoms with Crippen LogP contribution in [0.15, 0.2) is 157 Å². The third-order valence-corrected chi connectivity index (χ3v) is 14.8. The molecule has 0 aliphatic carbocycles. The Morgan fingerprint density at radius 3 is 0.933 bits per heavy atom. The Hall–Kier alpha value is -11.9. The first-order valence-corrected chi connectivity index (χ1v) is 32.7. The molecule has 0 aliphatic rings. The molecule has 0 saturated heterocycles. The van der Waals surface area contributed by atoms with Crippen LogP contribution in [0.3, 0.4) is 0 Å². The number of esters is 4. The number of aromatic nitrogens is 8. The number of aliphatic hydroxyl groups excluding tert-OH is 4. The lowest BCUT2D eigenvalue weighted by molar-refractivity contribution is -0.142. The smallest absolute Gasteiger partial charge is 0.433 e. The van der Waals surface area contributed by atoms with Crippen LogP contribution in [0.5, 0.6) is 23.5 Å².